The molecule has 31 heavy (non-hydrogen) atoms. The fourth-order valence-corrected chi connectivity index (χ4v) is 3.11. The van der Waals surface area contributed by atoms with E-state index in [2.05, 4.69) is 22.8 Å². The minimum Gasteiger partial charge on any atom is -0.493 e. The van der Waals surface area contributed by atoms with Gasteiger partial charge in [0, 0.05) is 19.5 Å². The van der Waals surface area contributed by atoms with Crippen LogP contribution in [-0.2, 0) is 19.5 Å². The van der Waals surface area contributed by atoms with Crippen LogP contribution in [0.25, 0.3) is 0 Å². The molecule has 2 N–H and O–H groups in total. The summed E-state index contributed by atoms with van der Waals surface area (Å²) in [6, 6.07) is 17.9. The maximum Gasteiger partial charge on any atom is 0.203 e. The lowest BCUT2D eigenvalue weighted by atomic mass is 10.2. The molecule has 0 spiro atoms. The molecule has 0 amide bonds. The molecule has 0 radical (unpaired) electrons. The number of guanidine groups is 1. The van der Waals surface area contributed by atoms with E-state index in [1.807, 2.05) is 42.5 Å². The summed E-state index contributed by atoms with van der Waals surface area (Å²) in [7, 11) is 4.80. The van der Waals surface area contributed by atoms with Crippen molar-refractivity contribution in [3.8, 4) is 17.2 Å². The summed E-state index contributed by atoms with van der Waals surface area (Å²) >= 11 is 0. The topological polar surface area (TPSA) is 77.2 Å². The molecule has 1 aromatic heterocycles. The highest BCUT2D eigenvalue weighted by atomic mass is 16.5. The highest BCUT2D eigenvalue weighted by Gasteiger charge is 2.13. The van der Waals surface area contributed by atoms with Crippen LogP contribution in [0, 0.1) is 0 Å². The summed E-state index contributed by atoms with van der Waals surface area (Å²) in [5, 5.41) is 6.76. The van der Waals surface area contributed by atoms with Crippen molar-refractivity contribution in [3.63, 3.8) is 0 Å². The van der Waals surface area contributed by atoms with E-state index < -0.39 is 0 Å². The second-order valence-corrected chi connectivity index (χ2v) is 6.79. The SMILES string of the molecule is COc1cc(CN=C(NCCc2ccco2)NCc2ccccc2)cc(OC)c1OC. The molecule has 0 aliphatic carbocycles. The lowest BCUT2D eigenvalue weighted by molar-refractivity contribution is 0.324. The minimum absolute atomic E-state index is 0.446. The van der Waals surface area contributed by atoms with Gasteiger partial charge in [-0.2, -0.15) is 0 Å². The van der Waals surface area contributed by atoms with Crippen LogP contribution in [-0.4, -0.2) is 33.8 Å². The first-order valence-electron chi connectivity index (χ1n) is 10.1. The number of nitrogens with one attached hydrogen (secondary N) is 2. The van der Waals surface area contributed by atoms with Crippen LogP contribution in [0.15, 0.2) is 70.3 Å². The lowest BCUT2D eigenvalue weighted by Gasteiger charge is -2.15. The van der Waals surface area contributed by atoms with Crippen molar-refractivity contribution in [2.24, 2.45) is 4.99 Å². The lowest BCUT2D eigenvalue weighted by Crippen LogP contribution is -2.38. The summed E-state index contributed by atoms with van der Waals surface area (Å²) in [5.74, 6) is 3.42. The molecule has 164 valence electrons. The van der Waals surface area contributed by atoms with E-state index in [0.29, 0.717) is 42.8 Å². The molecular weight excluding hydrogens is 394 g/mol. The molecule has 0 unspecified atom stereocenters. The van der Waals surface area contributed by atoms with Crippen LogP contribution >= 0.6 is 0 Å². The van der Waals surface area contributed by atoms with Gasteiger partial charge in [-0.15, -0.1) is 0 Å². The Morgan fingerprint density at radius 2 is 1.61 bits per heavy atom. The molecule has 0 aliphatic rings. The van der Waals surface area contributed by atoms with E-state index in [1.165, 1.54) is 5.56 Å². The zero-order valence-electron chi connectivity index (χ0n) is 18.2. The number of methoxy groups -OCH3 is 3. The molecule has 7 nitrogen and oxygen atoms in total. The Labute approximate surface area is 183 Å². The first-order valence-corrected chi connectivity index (χ1v) is 10.1. The van der Waals surface area contributed by atoms with Crippen molar-refractivity contribution in [2.45, 2.75) is 19.5 Å². The Morgan fingerprint density at radius 3 is 2.23 bits per heavy atom. The van der Waals surface area contributed by atoms with Gasteiger partial charge in [-0.25, -0.2) is 4.99 Å². The van der Waals surface area contributed by atoms with Crippen LogP contribution < -0.4 is 24.8 Å². The van der Waals surface area contributed by atoms with E-state index in [4.69, 9.17) is 23.6 Å². The third-order valence-corrected chi connectivity index (χ3v) is 4.69. The monoisotopic (exact) mass is 423 g/mol. The number of hydrogen-bond donors (Lipinski definition) is 2. The highest BCUT2D eigenvalue weighted by molar-refractivity contribution is 5.79. The first kappa shape index (κ1) is 22.1. The third kappa shape index (κ3) is 6.44. The highest BCUT2D eigenvalue weighted by Crippen LogP contribution is 2.38. The summed E-state index contributed by atoms with van der Waals surface area (Å²) in [6.45, 7) is 1.81. The quantitative estimate of drug-likeness (QED) is 0.382. The molecule has 2 aromatic carbocycles. The predicted octanol–water partition coefficient (Wildman–Crippen LogP) is 3.78. The van der Waals surface area contributed by atoms with Gasteiger partial charge in [-0.1, -0.05) is 30.3 Å². The maximum absolute atomic E-state index is 5.44. The number of aliphatic imine (C=N–C) groups is 1. The van der Waals surface area contributed by atoms with Gasteiger partial charge in [0.05, 0.1) is 34.1 Å². The summed E-state index contributed by atoms with van der Waals surface area (Å²) in [4.78, 5) is 4.75. The van der Waals surface area contributed by atoms with Crippen molar-refractivity contribution >= 4 is 5.96 Å². The van der Waals surface area contributed by atoms with Crippen LogP contribution in [0.4, 0.5) is 0 Å². The fourth-order valence-electron chi connectivity index (χ4n) is 3.11. The van der Waals surface area contributed by atoms with Crippen molar-refractivity contribution < 1.29 is 18.6 Å². The molecule has 0 bridgehead atoms. The molecule has 3 rings (SSSR count). The van der Waals surface area contributed by atoms with Crippen LogP contribution in [0.3, 0.4) is 0 Å². The molecular formula is C24H29N3O4. The molecule has 0 aliphatic heterocycles. The van der Waals surface area contributed by atoms with Crippen molar-refractivity contribution in [3.05, 3.63) is 77.7 Å². The van der Waals surface area contributed by atoms with Gasteiger partial charge in [0.2, 0.25) is 5.75 Å². The molecule has 0 atom stereocenters. The largest absolute Gasteiger partial charge is 0.493 e. The second-order valence-electron chi connectivity index (χ2n) is 6.79. The summed E-state index contributed by atoms with van der Waals surface area (Å²) in [5.41, 5.74) is 2.12. The van der Waals surface area contributed by atoms with Crippen molar-refractivity contribution in [1.29, 1.82) is 0 Å². The first-order chi connectivity index (χ1) is 15.2. The van der Waals surface area contributed by atoms with E-state index in [9.17, 15) is 0 Å². The predicted molar refractivity (Wildman–Crippen MR) is 121 cm³/mol. The smallest absolute Gasteiger partial charge is 0.203 e. The van der Waals surface area contributed by atoms with Crippen LogP contribution in [0.1, 0.15) is 16.9 Å². The van der Waals surface area contributed by atoms with Crippen molar-refractivity contribution in [2.75, 3.05) is 27.9 Å². The Morgan fingerprint density at radius 1 is 0.871 bits per heavy atom. The van der Waals surface area contributed by atoms with Gasteiger partial charge in [0.1, 0.15) is 5.76 Å². The minimum atomic E-state index is 0.446. The molecule has 0 saturated carbocycles. The Hall–Kier alpha value is -3.61. The zero-order valence-corrected chi connectivity index (χ0v) is 18.2. The Balaban J connectivity index is 1.71. The van der Waals surface area contributed by atoms with Crippen molar-refractivity contribution in [1.82, 2.24) is 10.6 Å². The van der Waals surface area contributed by atoms with E-state index >= 15 is 0 Å². The fraction of sp³-hybridized carbons (Fsp3) is 0.292. The summed E-state index contributed by atoms with van der Waals surface area (Å²) < 4.78 is 21.7. The molecule has 0 fully saturated rings. The van der Waals surface area contributed by atoms with E-state index in [-0.39, 0.29) is 0 Å². The van der Waals surface area contributed by atoms with Gasteiger partial charge >= 0.3 is 0 Å². The molecule has 0 saturated heterocycles. The van der Waals surface area contributed by atoms with Gasteiger partial charge in [-0.3, -0.25) is 0 Å². The zero-order chi connectivity index (χ0) is 21.9. The normalized spacial score (nSPS) is 11.1. The third-order valence-electron chi connectivity index (χ3n) is 4.69. The molecule has 1 heterocycles. The number of hydrogen-bond acceptors (Lipinski definition) is 5. The van der Waals surface area contributed by atoms with Gasteiger partial charge < -0.3 is 29.3 Å². The number of ether oxygens (including phenoxy) is 3. The molecule has 3 aromatic rings. The molecule has 7 heteroatoms. The number of benzene rings is 2. The number of rotatable bonds is 10. The van der Waals surface area contributed by atoms with Gasteiger partial charge in [0.25, 0.3) is 0 Å². The van der Waals surface area contributed by atoms with E-state index in [0.717, 1.165) is 17.7 Å². The number of furan rings is 1. The van der Waals surface area contributed by atoms with Crippen LogP contribution in [0.5, 0.6) is 17.2 Å². The Kier molecular flexibility index (Phi) is 8.22. The van der Waals surface area contributed by atoms with Gasteiger partial charge in [0.15, 0.2) is 17.5 Å². The average molecular weight is 424 g/mol. The summed E-state index contributed by atoms with van der Waals surface area (Å²) in [6.07, 6.45) is 2.45. The number of nitrogens with zero attached hydrogens (tertiary/aromatic N) is 1. The second kappa shape index (κ2) is 11.5. The van der Waals surface area contributed by atoms with E-state index in [1.54, 1.807) is 27.6 Å². The van der Waals surface area contributed by atoms with Crippen LogP contribution in [0.2, 0.25) is 0 Å². The maximum atomic E-state index is 5.44. The standard InChI is InChI=1S/C24H29N3O4/c1-28-21-14-19(15-22(29-2)23(21)30-3)17-27-24(25-12-11-20-10-7-13-31-20)26-16-18-8-5-4-6-9-18/h4-10,13-15H,11-12,16-17H2,1-3H3,(H2,25,26,27). The Bertz CT molecular complexity index is 931. The average Bonchev–Trinajstić information content (AvgIpc) is 3.33. The van der Waals surface area contributed by atoms with Gasteiger partial charge in [-0.05, 0) is 35.4 Å².